The van der Waals surface area contributed by atoms with Crippen molar-refractivity contribution >= 4 is 29.0 Å². The zero-order valence-corrected chi connectivity index (χ0v) is 14.1. The van der Waals surface area contributed by atoms with Gasteiger partial charge in [-0.25, -0.2) is 4.79 Å². The van der Waals surface area contributed by atoms with Gasteiger partial charge in [0, 0.05) is 17.2 Å². The number of urea groups is 1. The molecule has 0 atom stereocenters. The van der Waals surface area contributed by atoms with Crippen molar-refractivity contribution in [2.45, 2.75) is 0 Å². The summed E-state index contributed by atoms with van der Waals surface area (Å²) in [5.74, 6) is 1.12. The van der Waals surface area contributed by atoms with E-state index in [9.17, 15) is 9.90 Å². The van der Waals surface area contributed by atoms with E-state index in [0.717, 1.165) is 0 Å². The van der Waals surface area contributed by atoms with E-state index < -0.39 is 6.03 Å². The van der Waals surface area contributed by atoms with Crippen LogP contribution in [0.5, 0.6) is 23.0 Å². The molecular formula is C16H17ClN2O5. The van der Waals surface area contributed by atoms with Crippen LogP contribution in [0.3, 0.4) is 0 Å². The number of anilines is 2. The van der Waals surface area contributed by atoms with Gasteiger partial charge in [0.1, 0.15) is 5.75 Å². The highest BCUT2D eigenvalue weighted by Crippen LogP contribution is 2.40. The first-order chi connectivity index (χ1) is 11.5. The van der Waals surface area contributed by atoms with Gasteiger partial charge in [-0.3, -0.25) is 0 Å². The Morgan fingerprint density at radius 3 is 2.17 bits per heavy atom. The minimum absolute atomic E-state index is 0.0977. The number of halogens is 1. The Balaban J connectivity index is 2.21. The van der Waals surface area contributed by atoms with Crippen LogP contribution in [0.2, 0.25) is 5.02 Å². The van der Waals surface area contributed by atoms with Crippen molar-refractivity contribution in [3.05, 3.63) is 35.4 Å². The number of nitrogens with one attached hydrogen (secondary N) is 2. The molecule has 24 heavy (non-hydrogen) atoms. The smallest absolute Gasteiger partial charge is 0.323 e. The molecule has 0 saturated heterocycles. The Bertz CT molecular complexity index is 726. The highest BCUT2D eigenvalue weighted by Gasteiger charge is 2.15. The molecule has 0 aliphatic heterocycles. The molecule has 0 aliphatic carbocycles. The maximum absolute atomic E-state index is 12.1. The van der Waals surface area contributed by atoms with Crippen LogP contribution in [0.25, 0.3) is 0 Å². The SMILES string of the molecule is COc1cc(NC(=O)Nc2cc(Cl)ccc2O)cc(OC)c1OC. The van der Waals surface area contributed by atoms with Crippen molar-refractivity contribution in [3.8, 4) is 23.0 Å². The predicted octanol–water partition coefficient (Wildman–Crippen LogP) is 3.72. The first-order valence-corrected chi connectivity index (χ1v) is 7.22. The van der Waals surface area contributed by atoms with Gasteiger partial charge in [0.2, 0.25) is 5.75 Å². The molecule has 7 nitrogen and oxygen atoms in total. The van der Waals surface area contributed by atoms with Crippen molar-refractivity contribution in [3.63, 3.8) is 0 Å². The number of rotatable bonds is 5. The maximum atomic E-state index is 12.1. The van der Waals surface area contributed by atoms with Crippen LogP contribution in [-0.2, 0) is 0 Å². The molecule has 8 heteroatoms. The van der Waals surface area contributed by atoms with E-state index in [1.54, 1.807) is 12.1 Å². The maximum Gasteiger partial charge on any atom is 0.323 e. The predicted molar refractivity (Wildman–Crippen MR) is 91.9 cm³/mol. The van der Waals surface area contributed by atoms with Gasteiger partial charge >= 0.3 is 6.03 Å². The number of phenolic OH excluding ortho intramolecular Hbond substituents is 1. The van der Waals surface area contributed by atoms with E-state index in [-0.39, 0.29) is 11.4 Å². The molecule has 2 rings (SSSR count). The average Bonchev–Trinajstić information content (AvgIpc) is 2.57. The van der Waals surface area contributed by atoms with Crippen LogP contribution < -0.4 is 24.8 Å². The fourth-order valence-electron chi connectivity index (χ4n) is 2.05. The van der Waals surface area contributed by atoms with Crippen LogP contribution >= 0.6 is 11.6 Å². The third kappa shape index (κ3) is 3.94. The number of carbonyl (C=O) groups excluding carboxylic acids is 1. The third-order valence-corrected chi connectivity index (χ3v) is 3.36. The topological polar surface area (TPSA) is 89.1 Å². The second-order valence-corrected chi connectivity index (χ2v) is 5.09. The van der Waals surface area contributed by atoms with Gasteiger partial charge in [-0.15, -0.1) is 0 Å². The first kappa shape index (κ1) is 17.6. The van der Waals surface area contributed by atoms with Crippen molar-refractivity contribution in [1.82, 2.24) is 0 Å². The molecule has 0 heterocycles. The molecule has 128 valence electrons. The van der Waals surface area contributed by atoms with Crippen molar-refractivity contribution in [1.29, 1.82) is 0 Å². The second kappa shape index (κ2) is 7.65. The Morgan fingerprint density at radius 1 is 1.00 bits per heavy atom. The summed E-state index contributed by atoms with van der Waals surface area (Å²) in [5, 5.41) is 15.2. The van der Waals surface area contributed by atoms with Crippen LogP contribution in [0.15, 0.2) is 30.3 Å². The number of hydrogen-bond acceptors (Lipinski definition) is 5. The van der Waals surface area contributed by atoms with Crippen LogP contribution in [-0.4, -0.2) is 32.5 Å². The van der Waals surface area contributed by atoms with Crippen molar-refractivity contribution < 1.29 is 24.1 Å². The number of carbonyl (C=O) groups is 1. The fraction of sp³-hybridized carbons (Fsp3) is 0.188. The number of aromatic hydroxyl groups is 1. The van der Waals surface area contributed by atoms with Gasteiger partial charge < -0.3 is 30.0 Å². The quantitative estimate of drug-likeness (QED) is 0.714. The number of methoxy groups -OCH3 is 3. The lowest BCUT2D eigenvalue weighted by Gasteiger charge is -2.15. The highest BCUT2D eigenvalue weighted by molar-refractivity contribution is 6.31. The summed E-state index contributed by atoms with van der Waals surface area (Å²) in [6.07, 6.45) is 0. The number of ether oxygens (including phenoxy) is 3. The lowest BCUT2D eigenvalue weighted by Crippen LogP contribution is -2.19. The molecule has 2 aromatic carbocycles. The Morgan fingerprint density at radius 2 is 1.62 bits per heavy atom. The van der Waals surface area contributed by atoms with Gasteiger partial charge in [0.15, 0.2) is 11.5 Å². The Hall–Kier alpha value is -2.80. The Labute approximate surface area is 144 Å². The molecule has 0 fully saturated rings. The molecule has 0 saturated carbocycles. The fourth-order valence-corrected chi connectivity index (χ4v) is 2.22. The van der Waals surface area contributed by atoms with Crippen LogP contribution in [0, 0.1) is 0 Å². The number of hydrogen-bond donors (Lipinski definition) is 3. The minimum Gasteiger partial charge on any atom is -0.506 e. The lowest BCUT2D eigenvalue weighted by molar-refractivity contribution is 0.262. The summed E-state index contributed by atoms with van der Waals surface area (Å²) in [7, 11) is 4.44. The molecule has 0 radical (unpaired) electrons. The van der Waals surface area contributed by atoms with Gasteiger partial charge in [0.05, 0.1) is 32.7 Å². The minimum atomic E-state index is -0.568. The van der Waals surface area contributed by atoms with E-state index in [0.29, 0.717) is 28.0 Å². The molecule has 0 aromatic heterocycles. The summed E-state index contributed by atoms with van der Waals surface area (Å²) in [4.78, 5) is 12.1. The normalized spacial score (nSPS) is 10.0. The summed E-state index contributed by atoms with van der Waals surface area (Å²) in [6, 6.07) is 6.93. The summed E-state index contributed by atoms with van der Waals surface area (Å²) in [6.45, 7) is 0. The molecule has 0 aliphatic rings. The highest BCUT2D eigenvalue weighted by atomic mass is 35.5. The molecule has 3 N–H and O–H groups in total. The van der Waals surface area contributed by atoms with Gasteiger partial charge in [-0.1, -0.05) is 11.6 Å². The Kier molecular flexibility index (Phi) is 5.59. The largest absolute Gasteiger partial charge is 0.506 e. The second-order valence-electron chi connectivity index (χ2n) is 4.65. The summed E-state index contributed by atoms with van der Waals surface area (Å²) < 4.78 is 15.7. The van der Waals surface area contributed by atoms with E-state index >= 15 is 0 Å². The van der Waals surface area contributed by atoms with E-state index in [2.05, 4.69) is 10.6 Å². The van der Waals surface area contributed by atoms with Gasteiger partial charge in [-0.2, -0.15) is 0 Å². The standard InChI is InChI=1S/C16H17ClN2O5/c1-22-13-7-10(8-14(23-2)15(13)24-3)18-16(21)19-11-6-9(17)4-5-12(11)20/h4-8,20H,1-3H3,(H2,18,19,21). The van der Waals surface area contributed by atoms with Crippen molar-refractivity contribution in [2.75, 3.05) is 32.0 Å². The van der Waals surface area contributed by atoms with Gasteiger partial charge in [0.25, 0.3) is 0 Å². The zero-order valence-electron chi connectivity index (χ0n) is 13.3. The molecular weight excluding hydrogens is 336 g/mol. The van der Waals surface area contributed by atoms with E-state index in [4.69, 9.17) is 25.8 Å². The molecule has 2 amide bonds. The molecule has 0 spiro atoms. The monoisotopic (exact) mass is 352 g/mol. The van der Waals surface area contributed by atoms with Crippen LogP contribution in [0.4, 0.5) is 16.2 Å². The number of benzene rings is 2. The molecule has 0 unspecified atom stereocenters. The zero-order chi connectivity index (χ0) is 17.7. The molecule has 0 bridgehead atoms. The molecule has 2 aromatic rings. The van der Waals surface area contributed by atoms with E-state index in [1.165, 1.54) is 39.5 Å². The average molecular weight is 353 g/mol. The van der Waals surface area contributed by atoms with Gasteiger partial charge in [-0.05, 0) is 18.2 Å². The summed E-state index contributed by atoms with van der Waals surface area (Å²) in [5.41, 5.74) is 0.607. The number of phenols is 1. The first-order valence-electron chi connectivity index (χ1n) is 6.85. The van der Waals surface area contributed by atoms with Crippen LogP contribution in [0.1, 0.15) is 0 Å². The summed E-state index contributed by atoms with van der Waals surface area (Å²) >= 11 is 5.84. The number of amides is 2. The van der Waals surface area contributed by atoms with E-state index in [1.807, 2.05) is 0 Å². The van der Waals surface area contributed by atoms with Crippen molar-refractivity contribution in [2.24, 2.45) is 0 Å². The lowest BCUT2D eigenvalue weighted by atomic mass is 10.2. The third-order valence-electron chi connectivity index (χ3n) is 3.13.